The second-order valence-corrected chi connectivity index (χ2v) is 19.2. The molecule has 4 nitrogen and oxygen atoms in total. The molecule has 74 heavy (non-hydrogen) atoms. The first-order valence-corrected chi connectivity index (χ1v) is 24.5. The minimum absolute atomic E-state index is 0.101. The van der Waals surface area contributed by atoms with Gasteiger partial charge in [0.15, 0.2) is 0 Å². The summed E-state index contributed by atoms with van der Waals surface area (Å²) in [6.07, 6.45) is -4.84. The molecule has 354 valence electrons. The minimum Gasteiger partial charge on any atom is -0.308 e. The molecule has 12 rings (SSSR count). The molecule has 2 aromatic heterocycles. The van der Waals surface area contributed by atoms with Gasteiger partial charge >= 0.3 is 6.18 Å². The largest absolute Gasteiger partial charge is 0.417 e. The van der Waals surface area contributed by atoms with E-state index in [0.717, 1.165) is 105 Å². The highest BCUT2D eigenvalue weighted by molar-refractivity contribution is 6.14. The molecule has 0 radical (unpaired) electrons. The molecule has 0 amide bonds. The van der Waals surface area contributed by atoms with E-state index in [-0.39, 0.29) is 27.9 Å². The normalized spacial score (nSPS) is 11.7. The lowest BCUT2D eigenvalue weighted by Crippen LogP contribution is -2.11. The van der Waals surface area contributed by atoms with Crippen LogP contribution in [0.4, 0.5) is 13.2 Å². The first-order valence-electron chi connectivity index (χ1n) is 24.5. The van der Waals surface area contributed by atoms with Crippen molar-refractivity contribution >= 4 is 43.6 Å². The Hall–Kier alpha value is -9.43. The van der Waals surface area contributed by atoms with E-state index < -0.39 is 11.7 Å². The molecule has 0 atom stereocenters. The summed E-state index contributed by atoms with van der Waals surface area (Å²) in [6, 6.07) is 69.7. The van der Waals surface area contributed by atoms with Gasteiger partial charge in [-0.05, 0) is 161 Å². The summed E-state index contributed by atoms with van der Waals surface area (Å²) < 4.78 is 50.6. The highest BCUT2D eigenvalue weighted by Gasteiger charge is 2.37. The van der Waals surface area contributed by atoms with Gasteiger partial charge in [0.1, 0.15) is 11.6 Å². The number of nitriles is 2. The quantitative estimate of drug-likeness (QED) is 0.160. The Balaban J connectivity index is 1.23. The van der Waals surface area contributed by atoms with Gasteiger partial charge in [-0.15, -0.1) is 0 Å². The molecule has 0 saturated heterocycles. The van der Waals surface area contributed by atoms with Crippen LogP contribution >= 0.6 is 0 Å². The monoisotopic (exact) mass is 962 g/mol. The molecular weight excluding hydrogens is 918 g/mol. The third-order valence-electron chi connectivity index (χ3n) is 14.8. The average Bonchev–Trinajstić information content (AvgIpc) is 3.92. The Morgan fingerprint density at radius 1 is 0.378 bits per heavy atom. The zero-order chi connectivity index (χ0) is 51.0. The number of alkyl halides is 3. The van der Waals surface area contributed by atoms with Crippen molar-refractivity contribution in [3.05, 3.63) is 239 Å². The molecule has 0 fully saturated rings. The molecule has 0 N–H and O–H groups in total. The molecule has 12 aromatic rings. The number of hydrogen-bond donors (Lipinski definition) is 0. The average molecular weight is 963 g/mol. The Kier molecular flexibility index (Phi) is 10.9. The first-order chi connectivity index (χ1) is 35.9. The van der Waals surface area contributed by atoms with Gasteiger partial charge in [-0.25, -0.2) is 0 Å². The molecule has 7 heteroatoms. The summed E-state index contributed by atoms with van der Waals surface area (Å²) in [5.41, 5.74) is 15.2. The maximum Gasteiger partial charge on any atom is 0.417 e. The molecule has 0 aliphatic rings. The summed E-state index contributed by atoms with van der Waals surface area (Å²) >= 11 is 0. The van der Waals surface area contributed by atoms with Crippen LogP contribution in [-0.2, 0) is 6.18 Å². The van der Waals surface area contributed by atoms with E-state index in [4.69, 9.17) is 0 Å². The van der Waals surface area contributed by atoms with E-state index in [1.54, 1.807) is 12.1 Å². The van der Waals surface area contributed by atoms with Crippen molar-refractivity contribution in [1.82, 2.24) is 9.13 Å². The Morgan fingerprint density at radius 3 is 1.11 bits per heavy atom. The van der Waals surface area contributed by atoms with Gasteiger partial charge in [-0.3, -0.25) is 0 Å². The van der Waals surface area contributed by atoms with Crippen LogP contribution in [0.2, 0.25) is 0 Å². The third-order valence-corrected chi connectivity index (χ3v) is 14.8. The number of aryl methyl sites for hydroxylation is 4. The summed E-state index contributed by atoms with van der Waals surface area (Å²) in [5.74, 6) is 0. The number of fused-ring (bicyclic) bond motifs is 6. The Bertz CT molecular complexity index is 4180. The number of nitrogens with zero attached hydrogens (tertiary/aromatic N) is 4. The number of halogens is 3. The van der Waals surface area contributed by atoms with E-state index in [1.807, 2.05) is 77.4 Å². The van der Waals surface area contributed by atoms with Gasteiger partial charge in [0.25, 0.3) is 0 Å². The zero-order valence-corrected chi connectivity index (χ0v) is 41.0. The molecule has 0 saturated carbocycles. The van der Waals surface area contributed by atoms with Crippen LogP contribution in [0, 0.1) is 50.4 Å². The van der Waals surface area contributed by atoms with Crippen LogP contribution in [0.15, 0.2) is 200 Å². The van der Waals surface area contributed by atoms with Crippen molar-refractivity contribution in [2.75, 3.05) is 0 Å². The Labute approximate surface area is 426 Å². The lowest BCUT2D eigenvalue weighted by molar-refractivity contribution is -0.137. The second kappa shape index (κ2) is 17.7. The minimum atomic E-state index is -4.84. The number of hydrogen-bond acceptors (Lipinski definition) is 2. The lowest BCUT2D eigenvalue weighted by Gasteiger charge is -2.22. The van der Waals surface area contributed by atoms with Crippen molar-refractivity contribution in [2.24, 2.45) is 0 Å². The van der Waals surface area contributed by atoms with E-state index in [9.17, 15) is 10.5 Å². The fourth-order valence-corrected chi connectivity index (χ4v) is 11.3. The topological polar surface area (TPSA) is 57.4 Å². The molecule has 0 bridgehead atoms. The fourth-order valence-electron chi connectivity index (χ4n) is 11.3. The van der Waals surface area contributed by atoms with E-state index in [0.29, 0.717) is 16.7 Å². The van der Waals surface area contributed by atoms with Crippen molar-refractivity contribution < 1.29 is 13.2 Å². The molecule has 0 aliphatic heterocycles. The number of benzene rings is 10. The van der Waals surface area contributed by atoms with Crippen LogP contribution in [0.25, 0.3) is 111 Å². The van der Waals surface area contributed by atoms with Gasteiger partial charge in [-0.1, -0.05) is 133 Å². The first kappa shape index (κ1) is 45.7. The van der Waals surface area contributed by atoms with Crippen LogP contribution < -0.4 is 0 Å². The molecular formula is C67H45F3N4. The highest BCUT2D eigenvalue weighted by Crippen LogP contribution is 2.48. The third kappa shape index (κ3) is 7.36. The lowest BCUT2D eigenvalue weighted by atomic mass is 9.90. The highest BCUT2D eigenvalue weighted by atomic mass is 19.4. The number of rotatable bonds is 7. The maximum atomic E-state index is 15.5. The Morgan fingerprint density at radius 2 is 0.757 bits per heavy atom. The van der Waals surface area contributed by atoms with Gasteiger partial charge in [-0.2, -0.15) is 23.7 Å². The SMILES string of the molecule is Cc1ccccc1-c1ccc2c(c1)c1cc(-c3ccccc3C)ccc1n2-c1ccc(-c2c(C#N)cccc2C(F)(F)F)c(-n2c3ccc(-c4ccccc4C)cc3c3cc(-c4ccccc4C)ccc32)c1C#N. The fraction of sp³-hybridized carbons (Fsp3) is 0.0746. The van der Waals surface area contributed by atoms with E-state index >= 15 is 13.2 Å². The molecule has 2 heterocycles. The van der Waals surface area contributed by atoms with Crippen LogP contribution in [0.3, 0.4) is 0 Å². The molecule has 0 unspecified atom stereocenters. The van der Waals surface area contributed by atoms with Gasteiger partial charge in [0.05, 0.1) is 50.6 Å². The van der Waals surface area contributed by atoms with Crippen molar-refractivity contribution in [1.29, 1.82) is 10.5 Å². The summed E-state index contributed by atoms with van der Waals surface area (Å²) in [7, 11) is 0. The van der Waals surface area contributed by atoms with Crippen molar-refractivity contribution in [2.45, 2.75) is 33.9 Å². The van der Waals surface area contributed by atoms with Crippen molar-refractivity contribution in [3.8, 4) is 79.1 Å². The second-order valence-electron chi connectivity index (χ2n) is 19.2. The van der Waals surface area contributed by atoms with Gasteiger partial charge in [0.2, 0.25) is 0 Å². The van der Waals surface area contributed by atoms with Gasteiger partial charge in [0, 0.05) is 32.7 Å². The molecule has 0 aliphatic carbocycles. The van der Waals surface area contributed by atoms with Gasteiger partial charge < -0.3 is 9.13 Å². The number of aromatic nitrogens is 2. The summed E-state index contributed by atoms with van der Waals surface area (Å²) in [5, 5.41) is 26.2. The smallest absolute Gasteiger partial charge is 0.308 e. The molecule has 0 spiro atoms. The zero-order valence-electron chi connectivity index (χ0n) is 41.0. The van der Waals surface area contributed by atoms with Crippen LogP contribution in [0.1, 0.15) is 38.9 Å². The summed E-state index contributed by atoms with van der Waals surface area (Å²) in [6.45, 7) is 8.33. The molecule has 10 aromatic carbocycles. The standard InChI is InChI=1S/C67H45F3N4/c1-40-14-5-9-19-49(40)44-24-29-60-54(34-44)55-35-45(50-20-10-6-15-41(50)2)25-30-61(55)73(60)64-33-28-53(65-48(38-71)18-13-23-59(65)67(68,69)70)66(58(64)39-72)74-62-31-26-46(51-21-11-7-16-42(51)3)36-56(62)57-37-47(27-32-63(57)74)52-22-12-8-17-43(52)4/h5-37H,1-4H3. The van der Waals surface area contributed by atoms with Crippen molar-refractivity contribution in [3.63, 3.8) is 0 Å². The van der Waals surface area contributed by atoms with E-state index in [1.165, 1.54) is 12.1 Å². The van der Waals surface area contributed by atoms with Crippen LogP contribution in [0.5, 0.6) is 0 Å². The predicted octanol–water partition coefficient (Wildman–Crippen LogP) is 18.2. The van der Waals surface area contributed by atoms with E-state index in [2.05, 4.69) is 141 Å². The predicted molar refractivity (Wildman–Crippen MR) is 296 cm³/mol. The maximum absolute atomic E-state index is 15.5. The van der Waals surface area contributed by atoms with Crippen LogP contribution in [-0.4, -0.2) is 9.13 Å². The summed E-state index contributed by atoms with van der Waals surface area (Å²) in [4.78, 5) is 0.